The van der Waals surface area contributed by atoms with Crippen LogP contribution in [0.15, 0.2) is 54.6 Å². The molecule has 0 aliphatic rings. The van der Waals surface area contributed by atoms with E-state index in [0.717, 1.165) is 10.8 Å². The van der Waals surface area contributed by atoms with E-state index in [0.29, 0.717) is 17.1 Å². The number of nitrogens with one attached hydrogen (secondary N) is 1. The van der Waals surface area contributed by atoms with Gasteiger partial charge < -0.3 is 19.9 Å². The average Bonchev–Trinajstić information content (AvgIpc) is 2.66. The zero-order chi connectivity index (χ0) is 18.7. The van der Waals surface area contributed by atoms with E-state index >= 15 is 0 Å². The van der Waals surface area contributed by atoms with Crippen LogP contribution in [-0.2, 0) is 0 Å². The lowest BCUT2D eigenvalue weighted by Gasteiger charge is -2.11. The molecule has 3 rings (SSSR count). The molecule has 0 radical (unpaired) electrons. The molecule has 1 amide bonds. The molecule has 0 aromatic heterocycles. The van der Waals surface area contributed by atoms with Gasteiger partial charge in [-0.05, 0) is 47.2 Å². The molecule has 0 fully saturated rings. The average molecular weight is 351 g/mol. The lowest BCUT2D eigenvalue weighted by molar-refractivity contribution is 0.0698. The molecule has 2 N–H and O–H groups in total. The van der Waals surface area contributed by atoms with E-state index in [1.807, 2.05) is 6.07 Å². The summed E-state index contributed by atoms with van der Waals surface area (Å²) in [5, 5.41) is 13.6. The van der Waals surface area contributed by atoms with Gasteiger partial charge in [-0.25, -0.2) is 4.79 Å². The molecule has 6 nitrogen and oxygen atoms in total. The van der Waals surface area contributed by atoms with Crippen LogP contribution >= 0.6 is 0 Å². The SMILES string of the molecule is COc1cc2ccc(C(=O)Nc3ccccc3C(=O)O)cc2cc1OC. The molecule has 26 heavy (non-hydrogen) atoms. The minimum Gasteiger partial charge on any atom is -0.493 e. The van der Waals surface area contributed by atoms with Gasteiger partial charge in [0, 0.05) is 5.56 Å². The second kappa shape index (κ2) is 7.14. The number of fused-ring (bicyclic) bond motifs is 1. The van der Waals surface area contributed by atoms with Crippen molar-refractivity contribution in [3.05, 3.63) is 65.7 Å². The van der Waals surface area contributed by atoms with Crippen LogP contribution in [0.4, 0.5) is 5.69 Å². The molecule has 0 atom stereocenters. The number of anilines is 1. The second-order valence-electron chi connectivity index (χ2n) is 5.57. The molecule has 0 aliphatic carbocycles. The van der Waals surface area contributed by atoms with Crippen molar-refractivity contribution < 1.29 is 24.2 Å². The summed E-state index contributed by atoms with van der Waals surface area (Å²) < 4.78 is 10.6. The van der Waals surface area contributed by atoms with Crippen LogP contribution in [0.5, 0.6) is 11.5 Å². The van der Waals surface area contributed by atoms with Gasteiger partial charge in [0.2, 0.25) is 0 Å². The number of carbonyl (C=O) groups excluding carboxylic acids is 1. The molecular weight excluding hydrogens is 334 g/mol. The van der Waals surface area contributed by atoms with Crippen molar-refractivity contribution in [3.8, 4) is 11.5 Å². The Hall–Kier alpha value is -3.54. The quantitative estimate of drug-likeness (QED) is 0.730. The maximum Gasteiger partial charge on any atom is 0.337 e. The zero-order valence-electron chi connectivity index (χ0n) is 14.3. The molecule has 0 aliphatic heterocycles. The molecule has 0 saturated heterocycles. The van der Waals surface area contributed by atoms with Crippen molar-refractivity contribution in [2.45, 2.75) is 0 Å². The van der Waals surface area contributed by atoms with Crippen LogP contribution in [0.2, 0.25) is 0 Å². The highest BCUT2D eigenvalue weighted by atomic mass is 16.5. The van der Waals surface area contributed by atoms with Crippen LogP contribution in [0.25, 0.3) is 10.8 Å². The maximum absolute atomic E-state index is 12.6. The van der Waals surface area contributed by atoms with Crippen molar-refractivity contribution in [2.24, 2.45) is 0 Å². The van der Waals surface area contributed by atoms with Gasteiger partial charge in [0.15, 0.2) is 11.5 Å². The normalized spacial score (nSPS) is 10.4. The van der Waals surface area contributed by atoms with Crippen molar-refractivity contribution in [2.75, 3.05) is 19.5 Å². The molecule has 3 aromatic rings. The van der Waals surface area contributed by atoms with Crippen LogP contribution < -0.4 is 14.8 Å². The molecule has 0 spiro atoms. The van der Waals surface area contributed by atoms with E-state index in [9.17, 15) is 14.7 Å². The summed E-state index contributed by atoms with van der Waals surface area (Å²) in [7, 11) is 3.11. The number of aromatic carboxylic acids is 1. The number of methoxy groups -OCH3 is 2. The van der Waals surface area contributed by atoms with Crippen molar-refractivity contribution >= 4 is 28.3 Å². The predicted molar refractivity (Wildman–Crippen MR) is 98.4 cm³/mol. The number of rotatable bonds is 5. The summed E-state index contributed by atoms with van der Waals surface area (Å²) in [5.74, 6) is -0.326. The monoisotopic (exact) mass is 351 g/mol. The first-order valence-corrected chi connectivity index (χ1v) is 7.83. The van der Waals surface area contributed by atoms with Gasteiger partial charge in [0.05, 0.1) is 25.5 Å². The summed E-state index contributed by atoms with van der Waals surface area (Å²) in [5.41, 5.74) is 0.690. The number of carboxylic acids is 1. The lowest BCUT2D eigenvalue weighted by atomic mass is 10.1. The van der Waals surface area contributed by atoms with E-state index < -0.39 is 11.9 Å². The molecule has 0 unspecified atom stereocenters. The van der Waals surface area contributed by atoms with Crippen molar-refractivity contribution in [1.29, 1.82) is 0 Å². The van der Waals surface area contributed by atoms with Crippen LogP contribution in [-0.4, -0.2) is 31.2 Å². The van der Waals surface area contributed by atoms with Crippen LogP contribution in [0.3, 0.4) is 0 Å². The van der Waals surface area contributed by atoms with Gasteiger partial charge in [-0.1, -0.05) is 18.2 Å². The van der Waals surface area contributed by atoms with E-state index in [2.05, 4.69) is 5.32 Å². The number of ether oxygens (including phenoxy) is 2. The summed E-state index contributed by atoms with van der Waals surface area (Å²) >= 11 is 0. The molecule has 132 valence electrons. The van der Waals surface area contributed by atoms with Crippen LogP contribution in [0, 0.1) is 0 Å². The molecule has 3 aromatic carbocycles. The smallest absolute Gasteiger partial charge is 0.337 e. The zero-order valence-corrected chi connectivity index (χ0v) is 14.3. The summed E-state index contributed by atoms with van der Waals surface area (Å²) in [6.45, 7) is 0. The third-order valence-electron chi connectivity index (χ3n) is 4.01. The fourth-order valence-corrected chi connectivity index (χ4v) is 2.69. The van der Waals surface area contributed by atoms with Crippen LogP contribution in [0.1, 0.15) is 20.7 Å². The number of hydrogen-bond donors (Lipinski definition) is 2. The molecule has 0 heterocycles. The van der Waals surface area contributed by atoms with E-state index in [-0.39, 0.29) is 11.3 Å². The van der Waals surface area contributed by atoms with E-state index in [1.54, 1.807) is 56.7 Å². The van der Waals surface area contributed by atoms with Gasteiger partial charge >= 0.3 is 5.97 Å². The van der Waals surface area contributed by atoms with Crippen molar-refractivity contribution in [3.63, 3.8) is 0 Å². The first kappa shape index (κ1) is 17.3. The maximum atomic E-state index is 12.6. The third kappa shape index (κ3) is 3.30. The Morgan fingerprint density at radius 2 is 1.54 bits per heavy atom. The number of para-hydroxylation sites is 1. The Labute approximate surface area is 150 Å². The number of carboxylic acid groups (broad SMARTS) is 1. The number of carbonyl (C=O) groups is 2. The second-order valence-corrected chi connectivity index (χ2v) is 5.57. The van der Waals surface area contributed by atoms with Gasteiger partial charge in [0.1, 0.15) is 0 Å². The molecule has 0 saturated carbocycles. The number of amides is 1. The number of hydrogen-bond acceptors (Lipinski definition) is 4. The van der Waals surface area contributed by atoms with Gasteiger partial charge in [0.25, 0.3) is 5.91 Å². The van der Waals surface area contributed by atoms with E-state index in [1.165, 1.54) is 6.07 Å². The largest absolute Gasteiger partial charge is 0.493 e. The minimum absolute atomic E-state index is 0.0352. The summed E-state index contributed by atoms with van der Waals surface area (Å²) in [4.78, 5) is 23.8. The summed E-state index contributed by atoms with van der Waals surface area (Å²) in [6.07, 6.45) is 0. The Balaban J connectivity index is 1.95. The molecular formula is C20H17NO5. The first-order valence-electron chi connectivity index (χ1n) is 7.83. The fourth-order valence-electron chi connectivity index (χ4n) is 2.69. The van der Waals surface area contributed by atoms with Crippen molar-refractivity contribution in [1.82, 2.24) is 0 Å². The number of benzene rings is 3. The first-order chi connectivity index (χ1) is 12.5. The molecule has 0 bridgehead atoms. The Morgan fingerprint density at radius 3 is 2.19 bits per heavy atom. The fraction of sp³-hybridized carbons (Fsp3) is 0.100. The van der Waals surface area contributed by atoms with Gasteiger partial charge in [-0.15, -0.1) is 0 Å². The highest BCUT2D eigenvalue weighted by Gasteiger charge is 2.14. The predicted octanol–water partition coefficient (Wildman–Crippen LogP) is 3.81. The minimum atomic E-state index is -1.10. The van der Waals surface area contributed by atoms with Gasteiger partial charge in [-0.2, -0.15) is 0 Å². The third-order valence-corrected chi connectivity index (χ3v) is 4.01. The Bertz CT molecular complexity index is 997. The Kier molecular flexibility index (Phi) is 4.75. The summed E-state index contributed by atoms with van der Waals surface area (Å²) in [6, 6.07) is 15.1. The highest BCUT2D eigenvalue weighted by molar-refractivity contribution is 6.09. The highest BCUT2D eigenvalue weighted by Crippen LogP contribution is 2.32. The van der Waals surface area contributed by atoms with E-state index in [4.69, 9.17) is 9.47 Å². The lowest BCUT2D eigenvalue weighted by Crippen LogP contribution is -2.14. The van der Waals surface area contributed by atoms with Gasteiger partial charge in [-0.3, -0.25) is 4.79 Å². The Morgan fingerprint density at radius 1 is 0.885 bits per heavy atom. The standard InChI is InChI=1S/C20H17NO5/c1-25-17-10-12-7-8-13(9-14(12)11-18(17)26-2)19(22)21-16-6-4-3-5-15(16)20(23)24/h3-11H,1-2H3,(H,21,22)(H,23,24). The topological polar surface area (TPSA) is 84.9 Å². The molecule has 6 heteroatoms.